The first kappa shape index (κ1) is 15.4. The first-order valence-corrected chi connectivity index (χ1v) is 6.28. The molecule has 2 rings (SSSR count). The van der Waals surface area contributed by atoms with E-state index in [1.807, 2.05) is 60.7 Å². The molecule has 0 spiro atoms. The van der Waals surface area contributed by atoms with Crippen molar-refractivity contribution in [3.63, 3.8) is 0 Å². The van der Waals surface area contributed by atoms with E-state index in [4.69, 9.17) is 0 Å². The smallest absolute Gasteiger partial charge is 0.207 e. The van der Waals surface area contributed by atoms with Crippen molar-refractivity contribution in [1.82, 2.24) is 10.6 Å². The van der Waals surface area contributed by atoms with Crippen LogP contribution in [0.25, 0.3) is 0 Å². The van der Waals surface area contributed by atoms with Gasteiger partial charge in [-0.05, 0) is 11.1 Å². The van der Waals surface area contributed by atoms with Crippen LogP contribution in [-0.2, 0) is 22.7 Å². The molecule has 2 aromatic carbocycles. The van der Waals surface area contributed by atoms with E-state index in [-0.39, 0.29) is 0 Å². The van der Waals surface area contributed by atoms with Crippen molar-refractivity contribution >= 4 is 12.8 Å². The maximum Gasteiger partial charge on any atom is 0.207 e. The fourth-order valence-corrected chi connectivity index (χ4v) is 1.51. The first-order valence-electron chi connectivity index (χ1n) is 6.28. The molecular weight excluding hydrogens is 252 g/mol. The monoisotopic (exact) mass is 270 g/mol. The van der Waals surface area contributed by atoms with Gasteiger partial charge in [-0.3, -0.25) is 9.59 Å². The number of carbonyl (C=O) groups is 2. The molecule has 0 aliphatic rings. The van der Waals surface area contributed by atoms with E-state index >= 15 is 0 Å². The average Bonchev–Trinajstić information content (AvgIpc) is 2.53. The zero-order valence-electron chi connectivity index (χ0n) is 11.2. The Hall–Kier alpha value is -2.62. The summed E-state index contributed by atoms with van der Waals surface area (Å²) >= 11 is 0. The van der Waals surface area contributed by atoms with Gasteiger partial charge in [-0.2, -0.15) is 0 Å². The van der Waals surface area contributed by atoms with Crippen LogP contribution < -0.4 is 10.6 Å². The molecule has 4 nitrogen and oxygen atoms in total. The zero-order valence-corrected chi connectivity index (χ0v) is 11.2. The van der Waals surface area contributed by atoms with Crippen LogP contribution >= 0.6 is 0 Å². The minimum Gasteiger partial charge on any atom is -0.355 e. The molecule has 104 valence electrons. The first-order chi connectivity index (χ1) is 9.86. The third-order valence-corrected chi connectivity index (χ3v) is 2.46. The highest BCUT2D eigenvalue weighted by molar-refractivity contribution is 5.46. The largest absolute Gasteiger partial charge is 0.355 e. The van der Waals surface area contributed by atoms with E-state index in [0.29, 0.717) is 25.9 Å². The van der Waals surface area contributed by atoms with Crippen LogP contribution in [0.15, 0.2) is 60.7 Å². The second-order valence-electron chi connectivity index (χ2n) is 3.97. The lowest BCUT2D eigenvalue weighted by Gasteiger charge is -1.96. The van der Waals surface area contributed by atoms with Gasteiger partial charge >= 0.3 is 0 Å². The number of hydrogen-bond acceptors (Lipinski definition) is 2. The lowest BCUT2D eigenvalue weighted by atomic mass is 10.2. The summed E-state index contributed by atoms with van der Waals surface area (Å²) in [6.07, 6.45) is 1.40. The highest BCUT2D eigenvalue weighted by atomic mass is 16.1. The third kappa shape index (κ3) is 6.96. The summed E-state index contributed by atoms with van der Waals surface area (Å²) in [4.78, 5) is 19.7. The Labute approximate surface area is 118 Å². The minimum atomic E-state index is 0.615. The summed E-state index contributed by atoms with van der Waals surface area (Å²) in [6.45, 7) is 1.23. The molecule has 0 heterocycles. The van der Waals surface area contributed by atoms with Crippen LogP contribution in [0, 0.1) is 0 Å². The zero-order chi connectivity index (χ0) is 14.5. The Morgan fingerprint density at radius 2 is 1.00 bits per heavy atom. The van der Waals surface area contributed by atoms with Gasteiger partial charge < -0.3 is 10.6 Å². The van der Waals surface area contributed by atoms with Crippen LogP contribution in [0.3, 0.4) is 0 Å². The molecule has 0 radical (unpaired) electrons. The summed E-state index contributed by atoms with van der Waals surface area (Å²) in [5, 5.41) is 5.17. The molecule has 0 unspecified atom stereocenters. The SMILES string of the molecule is O=CNCc1ccccc1.O=CNCc1ccccc1. The fourth-order valence-electron chi connectivity index (χ4n) is 1.51. The highest BCUT2D eigenvalue weighted by Crippen LogP contribution is 1.96. The van der Waals surface area contributed by atoms with E-state index in [2.05, 4.69) is 10.6 Å². The molecule has 2 aromatic rings. The van der Waals surface area contributed by atoms with E-state index in [1.54, 1.807) is 0 Å². The van der Waals surface area contributed by atoms with Crippen molar-refractivity contribution in [2.75, 3.05) is 0 Å². The van der Waals surface area contributed by atoms with Crippen LogP contribution in [0.2, 0.25) is 0 Å². The Kier molecular flexibility index (Phi) is 7.96. The van der Waals surface area contributed by atoms with Gasteiger partial charge in [-0.25, -0.2) is 0 Å². The predicted octanol–water partition coefficient (Wildman–Crippen LogP) is 1.87. The molecule has 0 saturated heterocycles. The number of amides is 2. The minimum absolute atomic E-state index is 0.615. The van der Waals surface area contributed by atoms with Crippen molar-refractivity contribution in [3.8, 4) is 0 Å². The molecule has 0 atom stereocenters. The van der Waals surface area contributed by atoms with Crippen molar-refractivity contribution in [2.24, 2.45) is 0 Å². The normalized spacial score (nSPS) is 8.80. The number of rotatable bonds is 6. The van der Waals surface area contributed by atoms with Crippen LogP contribution in [0.1, 0.15) is 11.1 Å². The molecule has 0 aliphatic carbocycles. The molecule has 2 N–H and O–H groups in total. The summed E-state index contributed by atoms with van der Waals surface area (Å²) in [7, 11) is 0. The second-order valence-corrected chi connectivity index (χ2v) is 3.97. The standard InChI is InChI=1S/2C8H9NO/c2*10-7-9-6-8-4-2-1-3-5-8/h2*1-5,7H,6H2,(H,9,10). The highest BCUT2D eigenvalue weighted by Gasteiger charge is 1.86. The lowest BCUT2D eigenvalue weighted by Crippen LogP contribution is -2.09. The fraction of sp³-hybridized carbons (Fsp3) is 0.125. The van der Waals surface area contributed by atoms with Gasteiger partial charge in [0.25, 0.3) is 0 Å². The van der Waals surface area contributed by atoms with Gasteiger partial charge in [0, 0.05) is 13.1 Å². The molecule has 20 heavy (non-hydrogen) atoms. The Morgan fingerprint density at radius 3 is 1.30 bits per heavy atom. The van der Waals surface area contributed by atoms with Gasteiger partial charge in [0.2, 0.25) is 12.8 Å². The molecular formula is C16H18N2O2. The second kappa shape index (κ2) is 10.3. The predicted molar refractivity (Wildman–Crippen MR) is 78.7 cm³/mol. The lowest BCUT2D eigenvalue weighted by molar-refractivity contribution is -0.110. The summed E-state index contributed by atoms with van der Waals surface area (Å²) in [5.74, 6) is 0. The third-order valence-electron chi connectivity index (χ3n) is 2.46. The number of nitrogens with one attached hydrogen (secondary N) is 2. The average molecular weight is 270 g/mol. The topological polar surface area (TPSA) is 58.2 Å². The van der Waals surface area contributed by atoms with E-state index in [1.165, 1.54) is 0 Å². The van der Waals surface area contributed by atoms with Crippen LogP contribution in [0.5, 0.6) is 0 Å². The van der Waals surface area contributed by atoms with Gasteiger partial charge in [0.05, 0.1) is 0 Å². The van der Waals surface area contributed by atoms with Crippen LogP contribution in [0.4, 0.5) is 0 Å². The summed E-state index contributed by atoms with van der Waals surface area (Å²) < 4.78 is 0. The quantitative estimate of drug-likeness (QED) is 0.787. The van der Waals surface area contributed by atoms with Gasteiger partial charge in [-0.15, -0.1) is 0 Å². The summed E-state index contributed by atoms with van der Waals surface area (Å²) in [6, 6.07) is 19.6. The van der Waals surface area contributed by atoms with Gasteiger partial charge in [0.1, 0.15) is 0 Å². The molecule has 0 fully saturated rings. The Balaban J connectivity index is 0.000000200. The molecule has 2 amide bonds. The number of hydrogen-bond donors (Lipinski definition) is 2. The maximum atomic E-state index is 9.87. The van der Waals surface area contributed by atoms with Crippen molar-refractivity contribution in [3.05, 3.63) is 71.8 Å². The molecule has 0 aromatic heterocycles. The van der Waals surface area contributed by atoms with E-state index in [9.17, 15) is 9.59 Å². The van der Waals surface area contributed by atoms with Crippen molar-refractivity contribution in [1.29, 1.82) is 0 Å². The molecule has 0 saturated carbocycles. The number of benzene rings is 2. The maximum absolute atomic E-state index is 9.87. The Bertz CT molecular complexity index is 439. The van der Waals surface area contributed by atoms with Crippen LogP contribution in [-0.4, -0.2) is 12.8 Å². The summed E-state index contributed by atoms with van der Waals surface area (Å²) in [5.41, 5.74) is 2.24. The van der Waals surface area contributed by atoms with Gasteiger partial charge in [0.15, 0.2) is 0 Å². The molecule has 0 bridgehead atoms. The van der Waals surface area contributed by atoms with E-state index in [0.717, 1.165) is 11.1 Å². The van der Waals surface area contributed by atoms with E-state index < -0.39 is 0 Å². The van der Waals surface area contributed by atoms with Crippen molar-refractivity contribution < 1.29 is 9.59 Å². The molecule has 4 heteroatoms. The molecule has 0 aliphatic heterocycles. The number of carbonyl (C=O) groups excluding carboxylic acids is 2. The van der Waals surface area contributed by atoms with Gasteiger partial charge in [-0.1, -0.05) is 60.7 Å². The Morgan fingerprint density at radius 1 is 0.650 bits per heavy atom. The van der Waals surface area contributed by atoms with Crippen molar-refractivity contribution in [2.45, 2.75) is 13.1 Å².